The van der Waals surface area contributed by atoms with Gasteiger partial charge in [-0.2, -0.15) is 13.2 Å². The highest BCUT2D eigenvalue weighted by atomic mass is 19.4. The van der Waals surface area contributed by atoms with E-state index < -0.39 is 23.7 Å². The molecule has 0 spiro atoms. The number of benzene rings is 1. The number of piperazine rings is 1. The monoisotopic (exact) mass is 286 g/mol. The molecule has 108 valence electrons. The van der Waals surface area contributed by atoms with Gasteiger partial charge in [-0.3, -0.25) is 14.5 Å². The summed E-state index contributed by atoms with van der Waals surface area (Å²) in [7, 11) is 0. The van der Waals surface area contributed by atoms with E-state index in [9.17, 15) is 22.8 Å². The number of anilines is 1. The Balaban J connectivity index is 2.50. The molecule has 1 aliphatic heterocycles. The van der Waals surface area contributed by atoms with Gasteiger partial charge >= 0.3 is 6.18 Å². The first-order chi connectivity index (χ1) is 9.21. The van der Waals surface area contributed by atoms with E-state index in [-0.39, 0.29) is 18.1 Å². The highest BCUT2D eigenvalue weighted by Gasteiger charge is 2.36. The first-order valence-corrected chi connectivity index (χ1v) is 5.99. The quantitative estimate of drug-likeness (QED) is 0.856. The summed E-state index contributed by atoms with van der Waals surface area (Å²) in [6, 6.07) is 2.32. The molecule has 1 atom stereocenters. The molecule has 4 nitrogen and oxygen atoms in total. The molecule has 0 aromatic heterocycles. The summed E-state index contributed by atoms with van der Waals surface area (Å²) in [6.45, 7) is 2.87. The summed E-state index contributed by atoms with van der Waals surface area (Å²) in [4.78, 5) is 24.6. The number of rotatable bonds is 1. The minimum Gasteiger partial charge on any atom is -0.345 e. The standard InChI is InChI=1S/C13H13F3N2O2/c1-7-3-4-9(13(14,15)16)5-10(7)18-8(2)12(20)17-6-11(18)19/h3-5,8H,6H2,1-2H3,(H,17,20). The second-order valence-electron chi connectivity index (χ2n) is 4.66. The highest BCUT2D eigenvalue weighted by molar-refractivity contribution is 6.06. The molecule has 1 heterocycles. The summed E-state index contributed by atoms with van der Waals surface area (Å²) in [5.41, 5.74) is -0.218. The van der Waals surface area contributed by atoms with E-state index in [2.05, 4.69) is 5.32 Å². The first kappa shape index (κ1) is 14.4. The van der Waals surface area contributed by atoms with Crippen LogP contribution >= 0.6 is 0 Å². The Morgan fingerprint density at radius 2 is 1.95 bits per heavy atom. The molecule has 2 amide bonds. The Kier molecular flexibility index (Phi) is 3.45. The van der Waals surface area contributed by atoms with E-state index in [1.807, 2.05) is 0 Å². The fourth-order valence-electron chi connectivity index (χ4n) is 2.12. The van der Waals surface area contributed by atoms with Crippen molar-refractivity contribution in [2.75, 3.05) is 11.4 Å². The number of nitrogens with zero attached hydrogens (tertiary/aromatic N) is 1. The number of halogens is 3. The molecule has 1 saturated heterocycles. The van der Waals surface area contributed by atoms with Gasteiger partial charge in [0.2, 0.25) is 11.8 Å². The van der Waals surface area contributed by atoms with E-state index in [4.69, 9.17) is 0 Å². The van der Waals surface area contributed by atoms with Gasteiger partial charge in [-0.15, -0.1) is 0 Å². The predicted octanol–water partition coefficient (Wildman–Crippen LogP) is 1.87. The van der Waals surface area contributed by atoms with Crippen molar-refractivity contribution < 1.29 is 22.8 Å². The Bertz CT molecular complexity index is 569. The second kappa shape index (κ2) is 4.81. The molecule has 1 aromatic carbocycles. The van der Waals surface area contributed by atoms with E-state index in [0.29, 0.717) is 5.56 Å². The summed E-state index contributed by atoms with van der Waals surface area (Å²) < 4.78 is 38.3. The molecule has 1 fully saturated rings. The van der Waals surface area contributed by atoms with E-state index in [0.717, 1.165) is 17.0 Å². The minimum atomic E-state index is -4.49. The Hall–Kier alpha value is -2.05. The second-order valence-corrected chi connectivity index (χ2v) is 4.66. The van der Waals surface area contributed by atoms with Crippen LogP contribution in [0.25, 0.3) is 0 Å². The molecule has 2 rings (SSSR count). The van der Waals surface area contributed by atoms with Crippen LogP contribution in [0.1, 0.15) is 18.1 Å². The minimum absolute atomic E-state index is 0.118. The molecule has 0 radical (unpaired) electrons. The molecule has 7 heteroatoms. The van der Waals surface area contributed by atoms with Crippen molar-refractivity contribution in [3.8, 4) is 0 Å². The molecule has 20 heavy (non-hydrogen) atoms. The summed E-state index contributed by atoms with van der Waals surface area (Å²) in [6.07, 6.45) is -4.49. The van der Waals surface area contributed by atoms with Gasteiger partial charge in [-0.1, -0.05) is 6.07 Å². The highest BCUT2D eigenvalue weighted by Crippen LogP contribution is 2.34. The molecular formula is C13H13F3N2O2. The fourth-order valence-corrected chi connectivity index (χ4v) is 2.12. The van der Waals surface area contributed by atoms with Gasteiger partial charge in [0.1, 0.15) is 6.04 Å². The van der Waals surface area contributed by atoms with Gasteiger partial charge in [-0.25, -0.2) is 0 Å². The van der Waals surface area contributed by atoms with Crippen LogP contribution in [0.2, 0.25) is 0 Å². The van der Waals surface area contributed by atoms with Gasteiger partial charge in [-0.05, 0) is 31.5 Å². The van der Waals surface area contributed by atoms with Gasteiger partial charge in [0.25, 0.3) is 0 Å². The van der Waals surface area contributed by atoms with E-state index in [1.54, 1.807) is 6.92 Å². The fraction of sp³-hybridized carbons (Fsp3) is 0.385. The zero-order valence-corrected chi connectivity index (χ0v) is 10.9. The number of alkyl halides is 3. The van der Waals surface area contributed by atoms with Crippen LogP contribution in [0.4, 0.5) is 18.9 Å². The summed E-state index contributed by atoms with van der Waals surface area (Å²) in [5, 5.41) is 2.39. The number of carbonyl (C=O) groups is 2. The molecular weight excluding hydrogens is 273 g/mol. The van der Waals surface area contributed by atoms with Crippen molar-refractivity contribution in [3.05, 3.63) is 29.3 Å². The first-order valence-electron chi connectivity index (χ1n) is 5.99. The van der Waals surface area contributed by atoms with Crippen LogP contribution in [-0.2, 0) is 15.8 Å². The Morgan fingerprint density at radius 1 is 1.30 bits per heavy atom. The van der Waals surface area contributed by atoms with E-state index >= 15 is 0 Å². The van der Waals surface area contributed by atoms with Crippen LogP contribution in [-0.4, -0.2) is 24.4 Å². The van der Waals surface area contributed by atoms with Crippen molar-refractivity contribution in [1.82, 2.24) is 5.32 Å². The van der Waals surface area contributed by atoms with Crippen molar-refractivity contribution in [1.29, 1.82) is 0 Å². The average molecular weight is 286 g/mol. The van der Waals surface area contributed by atoms with Crippen LogP contribution < -0.4 is 10.2 Å². The largest absolute Gasteiger partial charge is 0.416 e. The lowest BCUT2D eigenvalue weighted by Crippen LogP contribution is -2.57. The van der Waals surface area contributed by atoms with Crippen LogP contribution in [0.5, 0.6) is 0 Å². The zero-order valence-electron chi connectivity index (χ0n) is 10.9. The SMILES string of the molecule is Cc1ccc(C(F)(F)F)cc1N1C(=O)CNC(=O)C1C. The number of amides is 2. The molecule has 0 saturated carbocycles. The zero-order chi connectivity index (χ0) is 15.1. The maximum absolute atomic E-state index is 12.8. The lowest BCUT2D eigenvalue weighted by atomic mass is 10.1. The van der Waals surface area contributed by atoms with Crippen molar-refractivity contribution in [3.63, 3.8) is 0 Å². The third kappa shape index (κ3) is 2.48. The number of hydrogen-bond acceptors (Lipinski definition) is 2. The number of aryl methyl sites for hydroxylation is 1. The lowest BCUT2D eigenvalue weighted by Gasteiger charge is -2.34. The maximum Gasteiger partial charge on any atom is 0.416 e. The van der Waals surface area contributed by atoms with Crippen LogP contribution in [0.15, 0.2) is 18.2 Å². The number of carbonyl (C=O) groups excluding carboxylic acids is 2. The molecule has 0 aliphatic carbocycles. The maximum atomic E-state index is 12.8. The topological polar surface area (TPSA) is 49.4 Å². The van der Waals surface area contributed by atoms with Crippen LogP contribution in [0, 0.1) is 6.92 Å². The molecule has 1 N–H and O–H groups in total. The Labute approximate surface area is 113 Å². The van der Waals surface area contributed by atoms with Gasteiger partial charge in [0, 0.05) is 5.69 Å². The number of nitrogens with one attached hydrogen (secondary N) is 1. The summed E-state index contributed by atoms with van der Waals surface area (Å²) >= 11 is 0. The van der Waals surface area contributed by atoms with Gasteiger partial charge in [0.05, 0.1) is 12.1 Å². The number of hydrogen-bond donors (Lipinski definition) is 1. The van der Waals surface area contributed by atoms with Crippen molar-refractivity contribution in [2.45, 2.75) is 26.1 Å². The van der Waals surface area contributed by atoms with E-state index in [1.165, 1.54) is 13.0 Å². The molecule has 1 unspecified atom stereocenters. The molecule has 0 bridgehead atoms. The third-order valence-electron chi connectivity index (χ3n) is 3.25. The van der Waals surface area contributed by atoms with Crippen LogP contribution in [0.3, 0.4) is 0 Å². The normalized spacial score (nSPS) is 20.1. The smallest absolute Gasteiger partial charge is 0.345 e. The van der Waals surface area contributed by atoms with Gasteiger partial charge in [0.15, 0.2) is 0 Å². The molecule has 1 aromatic rings. The Morgan fingerprint density at radius 3 is 2.55 bits per heavy atom. The van der Waals surface area contributed by atoms with Crippen molar-refractivity contribution in [2.24, 2.45) is 0 Å². The van der Waals surface area contributed by atoms with Crippen molar-refractivity contribution >= 4 is 17.5 Å². The summed E-state index contributed by atoms with van der Waals surface area (Å²) in [5.74, 6) is -0.819. The molecule has 1 aliphatic rings. The third-order valence-corrected chi connectivity index (χ3v) is 3.25. The van der Waals surface area contributed by atoms with Gasteiger partial charge < -0.3 is 5.32 Å². The predicted molar refractivity (Wildman–Crippen MR) is 66.1 cm³/mol. The lowest BCUT2D eigenvalue weighted by molar-refractivity contribution is -0.137. The average Bonchev–Trinajstić information content (AvgIpc) is 2.35.